The molecule has 1 amide bonds. The van der Waals surface area contributed by atoms with Crippen molar-refractivity contribution in [3.63, 3.8) is 0 Å². The zero-order valence-corrected chi connectivity index (χ0v) is 11.5. The first-order valence-corrected chi connectivity index (χ1v) is 6.62. The fourth-order valence-electron chi connectivity index (χ4n) is 1.57. The molecule has 0 spiro atoms. The highest BCUT2D eigenvalue weighted by Crippen LogP contribution is 2.29. The summed E-state index contributed by atoms with van der Waals surface area (Å²) in [6, 6.07) is 0. The zero-order chi connectivity index (χ0) is 13.1. The average Bonchev–Trinajstić information content (AvgIpc) is 2.63. The molecule has 6 heteroatoms. The first kappa shape index (κ1) is 14.2. The summed E-state index contributed by atoms with van der Waals surface area (Å²) in [6.45, 7) is 5.34. The van der Waals surface area contributed by atoms with Gasteiger partial charge in [-0.1, -0.05) is 0 Å². The fraction of sp³-hybridized carbons (Fsp3) is 0.818. The minimum absolute atomic E-state index is 0.409. The van der Waals surface area contributed by atoms with Crippen LogP contribution in [0.4, 0.5) is 4.79 Å². The Morgan fingerprint density at radius 3 is 2.41 bits per heavy atom. The Hall–Kier alpha value is -0.910. The van der Waals surface area contributed by atoms with Crippen LogP contribution in [0.15, 0.2) is 0 Å². The van der Waals surface area contributed by atoms with E-state index in [9.17, 15) is 9.59 Å². The third kappa shape index (κ3) is 3.80. The van der Waals surface area contributed by atoms with Crippen molar-refractivity contribution in [1.29, 1.82) is 0 Å². The van der Waals surface area contributed by atoms with E-state index < -0.39 is 23.2 Å². The van der Waals surface area contributed by atoms with E-state index in [1.165, 1.54) is 7.11 Å². The van der Waals surface area contributed by atoms with Crippen molar-refractivity contribution in [3.05, 3.63) is 0 Å². The number of hydrogen-bond acceptors (Lipinski definition) is 5. The number of thioether (sulfide) groups is 1. The average molecular weight is 261 g/mol. The van der Waals surface area contributed by atoms with E-state index in [4.69, 9.17) is 9.47 Å². The first-order valence-electron chi connectivity index (χ1n) is 5.46. The Morgan fingerprint density at radius 2 is 2.00 bits per heavy atom. The van der Waals surface area contributed by atoms with Gasteiger partial charge in [0.1, 0.15) is 5.60 Å². The molecule has 0 aromatic rings. The molecule has 1 fully saturated rings. The maximum atomic E-state index is 11.7. The smallest absolute Gasteiger partial charge is 0.408 e. The van der Waals surface area contributed by atoms with E-state index in [0.717, 1.165) is 5.75 Å². The predicted octanol–water partition coefficient (Wildman–Crippen LogP) is 1.56. The maximum absolute atomic E-state index is 11.7. The number of carbonyl (C=O) groups is 2. The van der Waals surface area contributed by atoms with Crippen LogP contribution in [0.5, 0.6) is 0 Å². The molecule has 0 radical (unpaired) electrons. The Morgan fingerprint density at radius 1 is 1.35 bits per heavy atom. The third-order valence-corrected chi connectivity index (χ3v) is 3.53. The van der Waals surface area contributed by atoms with Crippen LogP contribution in [0.2, 0.25) is 0 Å². The molecular formula is C11H19NO4S. The van der Waals surface area contributed by atoms with Crippen LogP contribution in [-0.2, 0) is 14.3 Å². The summed E-state index contributed by atoms with van der Waals surface area (Å²) in [5.74, 6) is 0.942. The topological polar surface area (TPSA) is 64.6 Å². The molecule has 1 saturated heterocycles. The van der Waals surface area contributed by atoms with Gasteiger partial charge in [0.05, 0.1) is 7.11 Å². The number of amides is 1. The van der Waals surface area contributed by atoms with Crippen LogP contribution in [0.25, 0.3) is 0 Å². The first-order chi connectivity index (χ1) is 7.79. The lowest BCUT2D eigenvalue weighted by Crippen LogP contribution is -2.56. The van der Waals surface area contributed by atoms with E-state index >= 15 is 0 Å². The summed E-state index contributed by atoms with van der Waals surface area (Å²) < 4.78 is 9.90. The maximum Gasteiger partial charge on any atom is 0.408 e. The van der Waals surface area contributed by atoms with E-state index in [2.05, 4.69) is 5.32 Å². The van der Waals surface area contributed by atoms with Crippen LogP contribution < -0.4 is 5.32 Å². The van der Waals surface area contributed by atoms with Gasteiger partial charge in [-0.25, -0.2) is 9.59 Å². The molecule has 0 aromatic carbocycles. The van der Waals surface area contributed by atoms with Crippen molar-refractivity contribution in [3.8, 4) is 0 Å². The number of esters is 1. The number of nitrogens with one attached hydrogen (secondary N) is 1. The molecule has 1 rings (SSSR count). The van der Waals surface area contributed by atoms with E-state index in [1.807, 2.05) is 0 Å². The van der Waals surface area contributed by atoms with E-state index in [-0.39, 0.29) is 0 Å². The van der Waals surface area contributed by atoms with Crippen molar-refractivity contribution < 1.29 is 19.1 Å². The molecule has 1 N–H and O–H groups in total. The van der Waals surface area contributed by atoms with Crippen LogP contribution in [0, 0.1) is 0 Å². The second-order valence-electron chi connectivity index (χ2n) is 5.00. The quantitative estimate of drug-likeness (QED) is 0.764. The monoisotopic (exact) mass is 261 g/mol. The second kappa shape index (κ2) is 5.16. The molecule has 0 bridgehead atoms. The number of hydrogen-bond donors (Lipinski definition) is 1. The summed E-state index contributed by atoms with van der Waals surface area (Å²) >= 11 is 1.61. The van der Waals surface area contributed by atoms with Crippen molar-refractivity contribution in [2.75, 3.05) is 18.6 Å². The van der Waals surface area contributed by atoms with Crippen molar-refractivity contribution in [2.45, 2.75) is 38.3 Å². The van der Waals surface area contributed by atoms with Gasteiger partial charge in [0.15, 0.2) is 5.54 Å². The SMILES string of the molecule is COC(=O)C1(NC(=O)OC(C)(C)C)CCSC1. The third-order valence-electron chi connectivity index (χ3n) is 2.34. The molecule has 0 saturated carbocycles. The highest BCUT2D eigenvalue weighted by molar-refractivity contribution is 7.99. The molecular weight excluding hydrogens is 242 g/mol. The number of methoxy groups -OCH3 is 1. The van der Waals surface area contributed by atoms with Crippen LogP contribution in [-0.4, -0.2) is 41.8 Å². The summed E-state index contributed by atoms with van der Waals surface area (Å²) in [5, 5.41) is 2.64. The summed E-state index contributed by atoms with van der Waals surface area (Å²) in [5.41, 5.74) is -1.51. The minimum Gasteiger partial charge on any atom is -0.467 e. The lowest BCUT2D eigenvalue weighted by Gasteiger charge is -2.28. The van der Waals surface area contributed by atoms with Gasteiger partial charge in [0.25, 0.3) is 0 Å². The molecule has 1 atom stereocenters. The summed E-state index contributed by atoms with van der Waals surface area (Å²) in [6.07, 6.45) is -0.00533. The normalized spacial score (nSPS) is 24.2. The largest absolute Gasteiger partial charge is 0.467 e. The number of alkyl carbamates (subject to hydrolysis) is 1. The Kier molecular flexibility index (Phi) is 4.30. The van der Waals surface area contributed by atoms with Crippen LogP contribution in [0.3, 0.4) is 0 Å². The molecule has 5 nitrogen and oxygen atoms in total. The highest BCUT2D eigenvalue weighted by atomic mass is 32.2. The van der Waals surface area contributed by atoms with Gasteiger partial charge in [-0.15, -0.1) is 0 Å². The Bertz CT molecular complexity index is 305. The highest BCUT2D eigenvalue weighted by Gasteiger charge is 2.45. The van der Waals surface area contributed by atoms with E-state index in [0.29, 0.717) is 12.2 Å². The Labute approximate surface area is 106 Å². The number of ether oxygens (including phenoxy) is 2. The van der Waals surface area contributed by atoms with Crippen molar-refractivity contribution in [2.24, 2.45) is 0 Å². The van der Waals surface area contributed by atoms with Crippen LogP contribution in [0.1, 0.15) is 27.2 Å². The zero-order valence-electron chi connectivity index (χ0n) is 10.7. The van der Waals surface area contributed by atoms with Crippen molar-refractivity contribution >= 4 is 23.8 Å². The molecule has 0 aromatic heterocycles. The molecule has 1 aliphatic heterocycles. The molecule has 17 heavy (non-hydrogen) atoms. The Balaban J connectivity index is 2.68. The second-order valence-corrected chi connectivity index (χ2v) is 6.11. The summed E-state index contributed by atoms with van der Waals surface area (Å²) in [7, 11) is 1.32. The van der Waals surface area contributed by atoms with Crippen LogP contribution >= 0.6 is 11.8 Å². The molecule has 0 aliphatic carbocycles. The molecule has 98 valence electrons. The lowest BCUT2D eigenvalue weighted by atomic mass is 10.00. The van der Waals surface area contributed by atoms with Gasteiger partial charge in [-0.05, 0) is 32.9 Å². The molecule has 1 aliphatic rings. The molecule has 1 unspecified atom stereocenters. The van der Waals surface area contributed by atoms with Gasteiger partial charge in [0.2, 0.25) is 0 Å². The number of carbonyl (C=O) groups excluding carboxylic acids is 2. The van der Waals surface area contributed by atoms with Gasteiger partial charge < -0.3 is 14.8 Å². The minimum atomic E-state index is -0.929. The van der Waals surface area contributed by atoms with Gasteiger partial charge >= 0.3 is 12.1 Å². The fourth-order valence-corrected chi connectivity index (χ4v) is 2.89. The standard InChI is InChI=1S/C11H19NO4S/c1-10(2,3)16-9(14)12-11(8(13)15-4)5-6-17-7-11/h5-7H2,1-4H3,(H,12,14). The van der Waals surface area contributed by atoms with Gasteiger partial charge in [0, 0.05) is 5.75 Å². The van der Waals surface area contributed by atoms with Crippen molar-refractivity contribution in [1.82, 2.24) is 5.32 Å². The lowest BCUT2D eigenvalue weighted by molar-refractivity contribution is -0.147. The van der Waals surface area contributed by atoms with E-state index in [1.54, 1.807) is 32.5 Å². The molecule has 1 heterocycles. The van der Waals surface area contributed by atoms with Gasteiger partial charge in [-0.3, -0.25) is 0 Å². The predicted molar refractivity (Wildman–Crippen MR) is 66.1 cm³/mol. The summed E-state index contributed by atoms with van der Waals surface area (Å²) in [4.78, 5) is 23.4. The van der Waals surface area contributed by atoms with Gasteiger partial charge in [-0.2, -0.15) is 11.8 Å². The number of rotatable bonds is 2.